The third-order valence-electron chi connectivity index (χ3n) is 3.55. The van der Waals surface area contributed by atoms with Gasteiger partial charge in [0.2, 0.25) is 0 Å². The molecule has 12 heavy (non-hydrogen) atoms. The van der Waals surface area contributed by atoms with Gasteiger partial charge in [-0.25, -0.2) is 0 Å². The number of hydrogen-bond donors (Lipinski definition) is 1. The Morgan fingerprint density at radius 3 is 3.33 bits per heavy atom. The van der Waals surface area contributed by atoms with Crippen LogP contribution in [-0.4, -0.2) is 13.1 Å². The van der Waals surface area contributed by atoms with Crippen LogP contribution >= 0.6 is 0 Å². The molecule has 2 rings (SSSR count). The topological polar surface area (TPSA) is 12.0 Å². The first-order valence-corrected chi connectivity index (χ1v) is 5.16. The normalized spacial score (nSPS) is 40.8. The highest BCUT2D eigenvalue weighted by Crippen LogP contribution is 2.43. The Bertz CT molecular complexity index is 164. The van der Waals surface area contributed by atoms with Gasteiger partial charge in [-0.1, -0.05) is 12.5 Å². The zero-order valence-corrected chi connectivity index (χ0v) is 7.81. The molecule has 0 radical (unpaired) electrons. The lowest BCUT2D eigenvalue weighted by atomic mass is 9.65. The summed E-state index contributed by atoms with van der Waals surface area (Å²) in [6.07, 6.45) is 9.09. The minimum Gasteiger partial charge on any atom is -0.316 e. The van der Waals surface area contributed by atoms with Crippen LogP contribution in [0, 0.1) is 11.3 Å². The van der Waals surface area contributed by atoms with Crippen LogP contribution < -0.4 is 5.32 Å². The molecule has 0 aromatic heterocycles. The zero-order valence-electron chi connectivity index (χ0n) is 7.81. The van der Waals surface area contributed by atoms with Crippen LogP contribution in [0.1, 0.15) is 32.1 Å². The molecule has 2 aliphatic rings. The largest absolute Gasteiger partial charge is 0.316 e. The quantitative estimate of drug-likeness (QED) is 0.619. The average molecular weight is 165 g/mol. The van der Waals surface area contributed by atoms with Gasteiger partial charge < -0.3 is 5.32 Å². The third kappa shape index (κ3) is 1.42. The molecule has 1 heteroatoms. The second kappa shape index (κ2) is 3.21. The highest BCUT2D eigenvalue weighted by molar-refractivity contribution is 4.96. The molecule has 1 heterocycles. The van der Waals surface area contributed by atoms with Crippen LogP contribution in [0.4, 0.5) is 0 Å². The van der Waals surface area contributed by atoms with Crippen molar-refractivity contribution in [3.8, 4) is 0 Å². The molecule has 2 fully saturated rings. The number of hydrogen-bond acceptors (Lipinski definition) is 1. The molecule has 0 aromatic carbocycles. The predicted octanol–water partition coefficient (Wildman–Crippen LogP) is 2.34. The van der Waals surface area contributed by atoms with Gasteiger partial charge >= 0.3 is 0 Å². The van der Waals surface area contributed by atoms with Gasteiger partial charge in [-0.05, 0) is 43.6 Å². The standard InChI is InChI=1S/C11H19N/c1-2-5-11-6-3-4-10(7-11)8-12-9-11/h2,10,12H,1,3-9H2. The van der Waals surface area contributed by atoms with E-state index in [1.165, 1.54) is 45.2 Å². The Morgan fingerprint density at radius 2 is 2.50 bits per heavy atom. The van der Waals surface area contributed by atoms with Crippen LogP contribution in [0.3, 0.4) is 0 Å². The van der Waals surface area contributed by atoms with Gasteiger partial charge in [0, 0.05) is 6.54 Å². The minimum absolute atomic E-state index is 0.600. The fourth-order valence-corrected chi connectivity index (χ4v) is 3.02. The summed E-state index contributed by atoms with van der Waals surface area (Å²) in [7, 11) is 0. The zero-order chi connectivity index (χ0) is 8.44. The SMILES string of the molecule is C=CCC12CCCC(CNC1)C2. The van der Waals surface area contributed by atoms with E-state index in [0.29, 0.717) is 5.41 Å². The molecular weight excluding hydrogens is 146 g/mol. The van der Waals surface area contributed by atoms with Crippen molar-refractivity contribution < 1.29 is 0 Å². The average Bonchev–Trinajstić information content (AvgIpc) is 2.04. The maximum Gasteiger partial charge on any atom is 0.00110 e. The molecule has 0 spiro atoms. The highest BCUT2D eigenvalue weighted by Gasteiger charge is 2.37. The van der Waals surface area contributed by atoms with Crippen LogP contribution in [0.5, 0.6) is 0 Å². The lowest BCUT2D eigenvalue weighted by molar-refractivity contribution is 0.0975. The molecule has 2 bridgehead atoms. The second-order valence-electron chi connectivity index (χ2n) is 4.59. The van der Waals surface area contributed by atoms with E-state index in [9.17, 15) is 0 Å². The summed E-state index contributed by atoms with van der Waals surface area (Å²) in [5, 5.41) is 3.56. The number of piperidine rings is 1. The van der Waals surface area contributed by atoms with Gasteiger partial charge in [0.05, 0.1) is 0 Å². The molecule has 1 aliphatic carbocycles. The van der Waals surface area contributed by atoms with E-state index < -0.39 is 0 Å². The Hall–Kier alpha value is -0.300. The van der Waals surface area contributed by atoms with Crippen molar-refractivity contribution in [3.05, 3.63) is 12.7 Å². The lowest BCUT2D eigenvalue weighted by Gasteiger charge is -2.45. The van der Waals surface area contributed by atoms with E-state index in [1.807, 2.05) is 0 Å². The minimum atomic E-state index is 0.600. The van der Waals surface area contributed by atoms with Crippen LogP contribution in [0.2, 0.25) is 0 Å². The molecule has 1 saturated carbocycles. The summed E-state index contributed by atoms with van der Waals surface area (Å²) in [4.78, 5) is 0. The van der Waals surface area contributed by atoms with Crippen LogP contribution in [-0.2, 0) is 0 Å². The first kappa shape index (κ1) is 8.31. The van der Waals surface area contributed by atoms with Crippen molar-refractivity contribution in [2.75, 3.05) is 13.1 Å². The number of rotatable bonds is 2. The van der Waals surface area contributed by atoms with E-state index >= 15 is 0 Å². The summed E-state index contributed by atoms with van der Waals surface area (Å²) >= 11 is 0. The highest BCUT2D eigenvalue weighted by atomic mass is 14.9. The Labute approximate surface area is 75.2 Å². The summed E-state index contributed by atoms with van der Waals surface area (Å²) in [5.74, 6) is 0.965. The predicted molar refractivity (Wildman–Crippen MR) is 52.1 cm³/mol. The van der Waals surface area contributed by atoms with Gasteiger partial charge in [-0.15, -0.1) is 6.58 Å². The van der Waals surface area contributed by atoms with E-state index in [1.54, 1.807) is 0 Å². The molecule has 1 nitrogen and oxygen atoms in total. The van der Waals surface area contributed by atoms with Crippen molar-refractivity contribution in [1.29, 1.82) is 0 Å². The van der Waals surface area contributed by atoms with E-state index in [4.69, 9.17) is 0 Å². The van der Waals surface area contributed by atoms with Crippen molar-refractivity contribution in [1.82, 2.24) is 5.32 Å². The number of allylic oxidation sites excluding steroid dienone is 1. The maximum absolute atomic E-state index is 3.87. The summed E-state index contributed by atoms with van der Waals surface area (Å²) in [5.41, 5.74) is 0.600. The number of fused-ring (bicyclic) bond motifs is 2. The van der Waals surface area contributed by atoms with E-state index in [-0.39, 0.29) is 0 Å². The molecular formula is C11H19N. The Balaban J connectivity index is 2.06. The van der Waals surface area contributed by atoms with Gasteiger partial charge in [-0.2, -0.15) is 0 Å². The Morgan fingerprint density at radius 1 is 1.58 bits per heavy atom. The molecule has 1 saturated heterocycles. The molecule has 1 aliphatic heterocycles. The number of nitrogens with one attached hydrogen (secondary N) is 1. The summed E-state index contributed by atoms with van der Waals surface area (Å²) in [6.45, 7) is 6.36. The molecule has 2 atom stereocenters. The fraction of sp³-hybridized carbons (Fsp3) is 0.818. The third-order valence-corrected chi connectivity index (χ3v) is 3.55. The van der Waals surface area contributed by atoms with E-state index in [0.717, 1.165) is 5.92 Å². The van der Waals surface area contributed by atoms with Gasteiger partial charge in [0.1, 0.15) is 0 Å². The van der Waals surface area contributed by atoms with Gasteiger partial charge in [0.15, 0.2) is 0 Å². The van der Waals surface area contributed by atoms with Crippen molar-refractivity contribution in [3.63, 3.8) is 0 Å². The molecule has 2 unspecified atom stereocenters. The second-order valence-corrected chi connectivity index (χ2v) is 4.59. The van der Waals surface area contributed by atoms with E-state index in [2.05, 4.69) is 18.0 Å². The first-order valence-electron chi connectivity index (χ1n) is 5.16. The molecule has 0 aromatic rings. The Kier molecular flexibility index (Phi) is 2.22. The molecule has 68 valence electrons. The van der Waals surface area contributed by atoms with Crippen molar-refractivity contribution in [2.45, 2.75) is 32.1 Å². The molecule has 1 N–H and O–H groups in total. The monoisotopic (exact) mass is 165 g/mol. The fourth-order valence-electron chi connectivity index (χ4n) is 3.02. The molecule has 0 amide bonds. The van der Waals surface area contributed by atoms with Crippen LogP contribution in [0.25, 0.3) is 0 Å². The van der Waals surface area contributed by atoms with Crippen molar-refractivity contribution >= 4 is 0 Å². The van der Waals surface area contributed by atoms with Gasteiger partial charge in [-0.3, -0.25) is 0 Å². The maximum atomic E-state index is 3.87. The summed E-state index contributed by atoms with van der Waals surface area (Å²) < 4.78 is 0. The first-order chi connectivity index (χ1) is 5.85. The lowest BCUT2D eigenvalue weighted by Crippen LogP contribution is -2.46. The summed E-state index contributed by atoms with van der Waals surface area (Å²) in [6, 6.07) is 0. The van der Waals surface area contributed by atoms with Gasteiger partial charge in [0.25, 0.3) is 0 Å². The van der Waals surface area contributed by atoms with Crippen molar-refractivity contribution in [2.24, 2.45) is 11.3 Å². The smallest absolute Gasteiger partial charge is 0.00110 e. The van der Waals surface area contributed by atoms with Crippen LogP contribution in [0.15, 0.2) is 12.7 Å².